The summed E-state index contributed by atoms with van der Waals surface area (Å²) in [5, 5.41) is 3.00. The second-order valence-electron chi connectivity index (χ2n) is 7.99. The van der Waals surface area contributed by atoms with Gasteiger partial charge in [-0.2, -0.15) is 0 Å². The smallest absolute Gasteiger partial charge is 0.265 e. The van der Waals surface area contributed by atoms with Crippen LogP contribution in [0.2, 0.25) is 0 Å². The van der Waals surface area contributed by atoms with Crippen LogP contribution in [0.25, 0.3) is 11.1 Å². The van der Waals surface area contributed by atoms with Gasteiger partial charge in [0.25, 0.3) is 10.0 Å². The van der Waals surface area contributed by atoms with Gasteiger partial charge in [0.05, 0.1) is 10.6 Å². The van der Waals surface area contributed by atoms with Crippen LogP contribution in [-0.2, 0) is 14.8 Å². The molecule has 1 amide bonds. The molecule has 5 nitrogen and oxygen atoms in total. The van der Waals surface area contributed by atoms with Crippen LogP contribution >= 0.6 is 0 Å². The molecule has 1 saturated carbocycles. The van der Waals surface area contributed by atoms with Crippen LogP contribution in [-0.4, -0.2) is 26.9 Å². The second kappa shape index (κ2) is 7.24. The van der Waals surface area contributed by atoms with E-state index in [1.165, 1.54) is 4.31 Å². The molecule has 1 heterocycles. The van der Waals surface area contributed by atoms with Crippen LogP contribution in [0.3, 0.4) is 0 Å². The Labute approximate surface area is 166 Å². The number of sulfonamides is 1. The van der Waals surface area contributed by atoms with E-state index in [0.717, 1.165) is 36.8 Å². The topological polar surface area (TPSA) is 66.5 Å². The molecule has 2 aromatic carbocycles. The average Bonchev–Trinajstić information content (AvgIpc) is 3.18. The highest BCUT2D eigenvalue weighted by Crippen LogP contribution is 2.43. The van der Waals surface area contributed by atoms with Crippen molar-refractivity contribution in [1.82, 2.24) is 5.32 Å². The predicted octanol–water partition coefficient (Wildman–Crippen LogP) is 4.04. The van der Waals surface area contributed by atoms with Crippen molar-refractivity contribution in [3.63, 3.8) is 0 Å². The highest BCUT2D eigenvalue weighted by atomic mass is 32.2. The van der Waals surface area contributed by atoms with E-state index in [-0.39, 0.29) is 23.4 Å². The fourth-order valence-corrected chi connectivity index (χ4v) is 5.80. The molecule has 2 aliphatic rings. The van der Waals surface area contributed by atoms with Gasteiger partial charge in [0.2, 0.25) is 5.91 Å². The third-order valence-corrected chi connectivity index (χ3v) is 7.53. The van der Waals surface area contributed by atoms with E-state index >= 15 is 0 Å². The lowest BCUT2D eigenvalue weighted by Crippen LogP contribution is -2.44. The number of amides is 1. The Kier molecular flexibility index (Phi) is 4.91. The van der Waals surface area contributed by atoms with Gasteiger partial charge in [0.1, 0.15) is 6.54 Å². The lowest BCUT2D eigenvalue weighted by atomic mass is 9.95. The van der Waals surface area contributed by atoms with Crippen molar-refractivity contribution in [2.75, 3.05) is 10.8 Å². The van der Waals surface area contributed by atoms with Gasteiger partial charge >= 0.3 is 0 Å². The molecule has 0 bridgehead atoms. The number of carbonyl (C=O) groups excluding carboxylic acids is 1. The van der Waals surface area contributed by atoms with E-state index in [9.17, 15) is 13.2 Å². The molecule has 0 aromatic heterocycles. The zero-order valence-electron chi connectivity index (χ0n) is 16.3. The molecular formula is C22H26N2O3S. The van der Waals surface area contributed by atoms with Crippen molar-refractivity contribution >= 4 is 21.6 Å². The maximum atomic E-state index is 13.3. The van der Waals surface area contributed by atoms with Crippen molar-refractivity contribution in [3.8, 4) is 11.1 Å². The summed E-state index contributed by atoms with van der Waals surface area (Å²) in [6.07, 6.45) is 4.16. The minimum Gasteiger partial charge on any atom is -0.352 e. The average molecular weight is 399 g/mol. The Balaban J connectivity index is 1.75. The first kappa shape index (κ1) is 19.0. The lowest BCUT2D eigenvalue weighted by Gasteiger charge is -2.32. The first-order chi connectivity index (χ1) is 13.4. The fourth-order valence-electron chi connectivity index (χ4n) is 4.15. The van der Waals surface area contributed by atoms with Gasteiger partial charge in [0.15, 0.2) is 0 Å². The van der Waals surface area contributed by atoms with Crippen molar-refractivity contribution in [3.05, 3.63) is 48.0 Å². The standard InChI is InChI=1S/C22H26N2O3S/c1-15(2)16-11-12-20-19(13-16)18-9-5-6-10-21(18)28(26,27)24(20)14-22(25)23-17-7-3-4-8-17/h5-6,9-13,15,17H,3-4,7-8,14H2,1-2H3,(H,23,25). The maximum Gasteiger partial charge on any atom is 0.265 e. The number of carbonyl (C=O) groups is 1. The highest BCUT2D eigenvalue weighted by Gasteiger charge is 2.36. The van der Waals surface area contributed by atoms with Crippen LogP contribution < -0.4 is 9.62 Å². The van der Waals surface area contributed by atoms with E-state index in [1.54, 1.807) is 12.1 Å². The van der Waals surface area contributed by atoms with E-state index in [4.69, 9.17) is 0 Å². The molecule has 1 aliphatic carbocycles. The molecule has 28 heavy (non-hydrogen) atoms. The number of anilines is 1. The second-order valence-corrected chi connectivity index (χ2v) is 9.82. The fraction of sp³-hybridized carbons (Fsp3) is 0.409. The SMILES string of the molecule is CC(C)c1ccc2c(c1)-c1ccccc1S(=O)(=O)N2CC(=O)NC1CCCC1. The number of hydrogen-bond acceptors (Lipinski definition) is 3. The number of benzene rings is 2. The van der Waals surface area contributed by atoms with Gasteiger partial charge < -0.3 is 5.32 Å². The Bertz CT molecular complexity index is 1010. The van der Waals surface area contributed by atoms with E-state index < -0.39 is 10.0 Å². The monoisotopic (exact) mass is 398 g/mol. The van der Waals surface area contributed by atoms with Crippen LogP contribution in [0.5, 0.6) is 0 Å². The molecule has 0 spiro atoms. The largest absolute Gasteiger partial charge is 0.352 e. The molecular weight excluding hydrogens is 372 g/mol. The predicted molar refractivity (Wildman–Crippen MR) is 111 cm³/mol. The van der Waals surface area contributed by atoms with Gasteiger partial charge in [-0.05, 0) is 42.5 Å². The molecule has 0 atom stereocenters. The Morgan fingerprint density at radius 1 is 1.11 bits per heavy atom. The molecule has 6 heteroatoms. The van der Waals surface area contributed by atoms with Crippen LogP contribution in [0, 0.1) is 0 Å². The third kappa shape index (κ3) is 3.30. The van der Waals surface area contributed by atoms with Gasteiger partial charge in [-0.1, -0.05) is 51.0 Å². The van der Waals surface area contributed by atoms with E-state index in [1.807, 2.05) is 24.3 Å². The van der Waals surface area contributed by atoms with Gasteiger partial charge in [0, 0.05) is 17.2 Å². The van der Waals surface area contributed by atoms with Crippen molar-refractivity contribution in [2.45, 2.75) is 56.4 Å². The van der Waals surface area contributed by atoms with E-state index in [2.05, 4.69) is 25.2 Å². The van der Waals surface area contributed by atoms with Gasteiger partial charge in [-0.3, -0.25) is 9.10 Å². The van der Waals surface area contributed by atoms with Crippen LogP contribution in [0.1, 0.15) is 51.0 Å². The summed E-state index contributed by atoms with van der Waals surface area (Å²) in [6.45, 7) is 4.03. The summed E-state index contributed by atoms with van der Waals surface area (Å²) in [4.78, 5) is 12.9. The number of fused-ring (bicyclic) bond motifs is 3. The number of nitrogens with zero attached hydrogens (tertiary/aromatic N) is 1. The van der Waals surface area contributed by atoms with Crippen molar-refractivity contribution in [1.29, 1.82) is 0 Å². The summed E-state index contributed by atoms with van der Waals surface area (Å²) in [7, 11) is -3.79. The van der Waals surface area contributed by atoms with Crippen molar-refractivity contribution < 1.29 is 13.2 Å². The summed E-state index contributed by atoms with van der Waals surface area (Å²) < 4.78 is 27.9. The molecule has 1 N–H and O–H groups in total. The molecule has 148 valence electrons. The van der Waals surface area contributed by atoms with Gasteiger partial charge in [-0.15, -0.1) is 0 Å². The normalized spacial score (nSPS) is 18.0. The minimum atomic E-state index is -3.79. The molecule has 1 fully saturated rings. The summed E-state index contributed by atoms with van der Waals surface area (Å²) in [5.41, 5.74) is 3.28. The summed E-state index contributed by atoms with van der Waals surface area (Å²) in [5.74, 6) is 0.0869. The Morgan fingerprint density at radius 3 is 2.54 bits per heavy atom. The number of rotatable bonds is 4. The maximum absolute atomic E-state index is 13.3. The summed E-state index contributed by atoms with van der Waals surface area (Å²) in [6, 6.07) is 13.0. The Morgan fingerprint density at radius 2 is 1.82 bits per heavy atom. The van der Waals surface area contributed by atoms with Crippen LogP contribution in [0.4, 0.5) is 5.69 Å². The lowest BCUT2D eigenvalue weighted by molar-refractivity contribution is -0.120. The van der Waals surface area contributed by atoms with Crippen LogP contribution in [0.15, 0.2) is 47.4 Å². The number of hydrogen-bond donors (Lipinski definition) is 1. The molecule has 1 aliphatic heterocycles. The zero-order chi connectivity index (χ0) is 19.9. The zero-order valence-corrected chi connectivity index (χ0v) is 17.1. The molecule has 0 saturated heterocycles. The molecule has 0 radical (unpaired) electrons. The first-order valence-electron chi connectivity index (χ1n) is 9.93. The molecule has 2 aromatic rings. The van der Waals surface area contributed by atoms with E-state index in [0.29, 0.717) is 17.2 Å². The van der Waals surface area contributed by atoms with Crippen molar-refractivity contribution in [2.24, 2.45) is 0 Å². The molecule has 4 rings (SSSR count). The minimum absolute atomic E-state index is 0.162. The highest BCUT2D eigenvalue weighted by molar-refractivity contribution is 7.93. The quantitative estimate of drug-likeness (QED) is 0.845. The van der Waals surface area contributed by atoms with Gasteiger partial charge in [-0.25, -0.2) is 8.42 Å². The third-order valence-electron chi connectivity index (χ3n) is 5.71. The molecule has 0 unspecified atom stereocenters. The number of nitrogens with one attached hydrogen (secondary N) is 1. The Hall–Kier alpha value is -2.34. The summed E-state index contributed by atoms with van der Waals surface area (Å²) >= 11 is 0. The first-order valence-corrected chi connectivity index (χ1v) is 11.4.